The van der Waals surface area contributed by atoms with Gasteiger partial charge in [0.15, 0.2) is 0 Å². The highest BCUT2D eigenvalue weighted by molar-refractivity contribution is 5.90. The quantitative estimate of drug-likeness (QED) is 0.161. The van der Waals surface area contributed by atoms with Crippen LogP contribution in [0.5, 0.6) is 0 Å². The second kappa shape index (κ2) is 8.34. The fraction of sp³-hybridized carbons (Fsp3) is 0.250. The number of rotatable bonds is 9. The number of amides is 2. The lowest BCUT2D eigenvalue weighted by Gasteiger charge is -2.25. The van der Waals surface area contributed by atoms with Crippen molar-refractivity contribution in [1.82, 2.24) is 10.6 Å². The Morgan fingerprint density at radius 1 is 1.08 bits per heavy atom. The molecule has 5 N–H and O–H groups in total. The molecule has 1 aromatic carbocycles. The first kappa shape index (κ1) is 20.2. The molecule has 0 atom stereocenters. The summed E-state index contributed by atoms with van der Waals surface area (Å²) in [5, 5.41) is 34.8. The van der Waals surface area contributed by atoms with E-state index in [-0.39, 0.29) is 10.7 Å². The molecule has 1 aromatic rings. The van der Waals surface area contributed by atoms with Crippen LogP contribution in [0.25, 0.3) is 0 Å². The molecule has 140 valence electrons. The van der Waals surface area contributed by atoms with E-state index >= 15 is 0 Å². The van der Waals surface area contributed by atoms with E-state index in [1.165, 1.54) is 30.3 Å². The fourth-order valence-electron chi connectivity index (χ4n) is 1.80. The van der Waals surface area contributed by atoms with Crippen LogP contribution in [-0.4, -0.2) is 51.6 Å². The lowest BCUT2D eigenvalue weighted by atomic mass is 10.2. The monoisotopic (exact) mass is 370 g/mol. The van der Waals surface area contributed by atoms with E-state index in [1.54, 1.807) is 5.32 Å². The molecule has 0 aliphatic rings. The Hall–Kier alpha value is -3.81. The van der Waals surface area contributed by atoms with Crippen molar-refractivity contribution in [2.75, 3.05) is 18.1 Å². The number of anilines is 1. The molecule has 0 bridgehead atoms. The number of nitrogens with zero attached hydrogens (tertiary/aromatic N) is 3. The average molecular weight is 370 g/mol. The Balaban J connectivity index is 3.08. The van der Waals surface area contributed by atoms with Gasteiger partial charge in [-0.15, -0.1) is 0 Å². The number of hydrogen-bond acceptors (Lipinski definition) is 9. The van der Waals surface area contributed by atoms with Gasteiger partial charge in [-0.1, -0.05) is 18.2 Å². The van der Waals surface area contributed by atoms with Crippen molar-refractivity contribution in [3.8, 4) is 0 Å². The van der Waals surface area contributed by atoms with Crippen LogP contribution < -0.4 is 21.5 Å². The summed E-state index contributed by atoms with van der Waals surface area (Å²) in [7, 11) is 0. The highest BCUT2D eigenvalue weighted by atomic mass is 16.7. The number of benzene rings is 1. The van der Waals surface area contributed by atoms with Crippen LogP contribution in [0.15, 0.2) is 30.3 Å². The van der Waals surface area contributed by atoms with Crippen LogP contribution >= 0.6 is 0 Å². The smallest absolute Gasteiger partial charge is 0.480 e. The maximum Gasteiger partial charge on any atom is 0.637 e. The average Bonchev–Trinajstić information content (AvgIpc) is 2.58. The number of hydrazine groups is 1. The molecular formula is C12H14N6O8. The van der Waals surface area contributed by atoms with Crippen molar-refractivity contribution in [2.45, 2.75) is 5.79 Å². The fourth-order valence-corrected chi connectivity index (χ4v) is 1.80. The summed E-state index contributed by atoms with van der Waals surface area (Å²) in [6.07, 6.45) is 0. The second-order valence-corrected chi connectivity index (χ2v) is 4.71. The summed E-state index contributed by atoms with van der Waals surface area (Å²) >= 11 is 0. The van der Waals surface area contributed by atoms with Gasteiger partial charge in [-0.2, -0.15) is 5.01 Å². The van der Waals surface area contributed by atoms with Crippen molar-refractivity contribution in [2.24, 2.45) is 5.84 Å². The first-order chi connectivity index (χ1) is 12.1. The van der Waals surface area contributed by atoms with E-state index in [0.29, 0.717) is 0 Å². The predicted molar refractivity (Wildman–Crippen MR) is 83.5 cm³/mol. The molecule has 0 aromatic heterocycles. The number of carbonyl (C=O) groups excluding carboxylic acids is 2. The third-order valence-corrected chi connectivity index (χ3v) is 3.03. The summed E-state index contributed by atoms with van der Waals surface area (Å²) in [4.78, 5) is 53.6. The number of carboxylic acids is 1. The van der Waals surface area contributed by atoms with Gasteiger partial charge in [0.25, 0.3) is 0 Å². The highest BCUT2D eigenvalue weighted by Crippen LogP contribution is 2.22. The Labute approximate surface area is 144 Å². The maximum atomic E-state index is 12.2. The number of para-hydroxylation sites is 1. The maximum absolute atomic E-state index is 12.2. The molecule has 14 nitrogen and oxygen atoms in total. The Morgan fingerprint density at radius 2 is 1.62 bits per heavy atom. The molecule has 0 saturated heterocycles. The summed E-state index contributed by atoms with van der Waals surface area (Å²) in [6.45, 7) is -1.70. The molecule has 26 heavy (non-hydrogen) atoms. The van der Waals surface area contributed by atoms with Gasteiger partial charge in [0.05, 0.1) is 12.2 Å². The number of aliphatic carboxylic acids is 1. The van der Waals surface area contributed by atoms with Crippen molar-refractivity contribution in [3.05, 3.63) is 50.6 Å². The number of nitrogens with one attached hydrogen (secondary N) is 2. The van der Waals surface area contributed by atoms with Gasteiger partial charge in [0, 0.05) is 0 Å². The standard InChI is InChI=1S/C12H14N6O8/c13-16(8-4-2-1-3-5-8)12(17(23)24,18(25)26)11(22)15-6-9(19)14-7-10(20)21/h1-5H,6-7,13H2,(H,14,19)(H,15,22)(H,20,21). The molecule has 0 aliphatic carbocycles. The molecule has 0 heterocycles. The van der Waals surface area contributed by atoms with Crippen LogP contribution in [-0.2, 0) is 14.4 Å². The van der Waals surface area contributed by atoms with Gasteiger partial charge in [-0.25, -0.2) is 5.84 Å². The third kappa shape index (κ3) is 4.18. The van der Waals surface area contributed by atoms with Crippen LogP contribution in [0, 0.1) is 20.2 Å². The van der Waals surface area contributed by atoms with Crippen LogP contribution in [0.4, 0.5) is 5.69 Å². The van der Waals surface area contributed by atoms with Crippen LogP contribution in [0.1, 0.15) is 0 Å². The minimum absolute atomic E-state index is 0.0531. The minimum atomic E-state index is -3.64. The van der Waals surface area contributed by atoms with E-state index in [0.717, 1.165) is 0 Å². The Bertz CT molecular complexity index is 710. The summed E-state index contributed by atoms with van der Waals surface area (Å²) in [6, 6.07) is 6.70. The SMILES string of the molecule is NN(c1ccccc1)C(C(=O)NCC(=O)NCC(=O)O)([N+](=O)[O-])[N+](=O)[O-]. The summed E-state index contributed by atoms with van der Waals surface area (Å²) < 4.78 is 0. The topological polar surface area (TPSA) is 211 Å². The molecule has 0 unspecified atom stereocenters. The van der Waals surface area contributed by atoms with Gasteiger partial charge >= 0.3 is 17.7 Å². The number of hydrogen-bond donors (Lipinski definition) is 4. The molecule has 0 spiro atoms. The number of carboxylic acid groups (broad SMARTS) is 1. The Morgan fingerprint density at radius 3 is 2.08 bits per heavy atom. The molecule has 14 heteroatoms. The molecule has 0 fully saturated rings. The van der Waals surface area contributed by atoms with E-state index in [4.69, 9.17) is 10.9 Å². The van der Waals surface area contributed by atoms with Gasteiger partial charge in [-0.3, -0.25) is 34.6 Å². The third-order valence-electron chi connectivity index (χ3n) is 3.03. The summed E-state index contributed by atoms with van der Waals surface area (Å²) in [5.74, 6) is -2.33. The molecule has 0 saturated carbocycles. The Kier molecular flexibility index (Phi) is 6.49. The van der Waals surface area contributed by atoms with E-state index in [1.807, 2.05) is 5.32 Å². The zero-order valence-corrected chi connectivity index (χ0v) is 13.0. The molecule has 1 rings (SSSR count). The van der Waals surface area contributed by atoms with E-state index < -0.39 is 46.5 Å². The predicted octanol–water partition coefficient (Wildman–Crippen LogP) is -2.11. The van der Waals surface area contributed by atoms with Gasteiger partial charge in [0.2, 0.25) is 5.91 Å². The minimum Gasteiger partial charge on any atom is -0.480 e. The zero-order valence-electron chi connectivity index (χ0n) is 13.0. The van der Waals surface area contributed by atoms with Gasteiger partial charge in [-0.05, 0) is 12.1 Å². The first-order valence-corrected chi connectivity index (χ1v) is 6.79. The lowest BCUT2D eigenvalue weighted by molar-refractivity contribution is -0.775. The van der Waals surface area contributed by atoms with E-state index in [9.17, 15) is 34.6 Å². The van der Waals surface area contributed by atoms with Gasteiger partial charge < -0.3 is 15.7 Å². The van der Waals surface area contributed by atoms with Crippen LogP contribution in [0.2, 0.25) is 0 Å². The zero-order chi connectivity index (χ0) is 19.9. The van der Waals surface area contributed by atoms with Crippen molar-refractivity contribution in [1.29, 1.82) is 0 Å². The molecule has 0 radical (unpaired) electrons. The van der Waals surface area contributed by atoms with E-state index in [2.05, 4.69) is 0 Å². The highest BCUT2D eigenvalue weighted by Gasteiger charge is 2.69. The number of nitro groups is 2. The van der Waals surface area contributed by atoms with Crippen molar-refractivity contribution < 1.29 is 29.3 Å². The van der Waals surface area contributed by atoms with Crippen molar-refractivity contribution in [3.63, 3.8) is 0 Å². The molecule has 0 aliphatic heterocycles. The first-order valence-electron chi connectivity index (χ1n) is 6.79. The molecular weight excluding hydrogens is 356 g/mol. The van der Waals surface area contributed by atoms with Crippen molar-refractivity contribution >= 4 is 23.5 Å². The second-order valence-electron chi connectivity index (χ2n) is 4.71. The molecule has 2 amide bonds. The van der Waals surface area contributed by atoms with Crippen LogP contribution in [0.3, 0.4) is 0 Å². The summed E-state index contributed by atoms with van der Waals surface area (Å²) in [5.41, 5.74) is -0.202. The lowest BCUT2D eigenvalue weighted by Crippen LogP contribution is -2.71. The normalized spacial score (nSPS) is 10.5. The largest absolute Gasteiger partial charge is 0.637 e. The number of carbonyl (C=O) groups is 3. The van der Waals surface area contributed by atoms with Gasteiger partial charge in [0.1, 0.15) is 16.4 Å². The number of nitrogens with two attached hydrogens (primary N) is 1.